The van der Waals surface area contributed by atoms with Crippen molar-refractivity contribution < 1.29 is 4.79 Å². The van der Waals surface area contributed by atoms with E-state index in [2.05, 4.69) is 37.4 Å². The molecule has 0 spiro atoms. The number of fused-ring (bicyclic) bond motifs is 1. The molecule has 1 unspecified atom stereocenters. The second-order valence-corrected chi connectivity index (χ2v) is 7.57. The molecule has 0 aliphatic heterocycles. The molecule has 0 aromatic heterocycles. The summed E-state index contributed by atoms with van der Waals surface area (Å²) in [6.45, 7) is 5.91. The highest BCUT2D eigenvalue weighted by atomic mass is 35.5. The number of carbonyl (C=O) groups excluding carboxylic acids is 1. The zero-order valence-electron chi connectivity index (χ0n) is 14.6. The first-order chi connectivity index (χ1) is 11.9. The van der Waals surface area contributed by atoms with E-state index in [0.717, 1.165) is 17.7 Å². The van der Waals surface area contributed by atoms with Gasteiger partial charge in [0.15, 0.2) is 0 Å². The van der Waals surface area contributed by atoms with Crippen LogP contribution >= 0.6 is 23.2 Å². The third-order valence-electron chi connectivity index (χ3n) is 4.60. The highest BCUT2D eigenvalue weighted by molar-refractivity contribution is 6.42. The van der Waals surface area contributed by atoms with Crippen molar-refractivity contribution in [2.24, 2.45) is 5.92 Å². The van der Waals surface area contributed by atoms with E-state index < -0.39 is 0 Å². The fourth-order valence-corrected chi connectivity index (χ4v) is 3.77. The van der Waals surface area contributed by atoms with Crippen molar-refractivity contribution in [3.63, 3.8) is 0 Å². The van der Waals surface area contributed by atoms with Crippen molar-refractivity contribution in [3.05, 3.63) is 69.2 Å². The molecule has 1 aliphatic carbocycles. The number of amides is 1. The third-order valence-corrected chi connectivity index (χ3v) is 5.34. The van der Waals surface area contributed by atoms with E-state index in [1.54, 1.807) is 0 Å². The fourth-order valence-electron chi connectivity index (χ4n) is 3.46. The minimum absolute atomic E-state index is 0.0631. The van der Waals surface area contributed by atoms with E-state index in [9.17, 15) is 4.79 Å². The van der Waals surface area contributed by atoms with Gasteiger partial charge in [-0.15, -0.1) is 0 Å². The van der Waals surface area contributed by atoms with Crippen molar-refractivity contribution >= 4 is 40.4 Å². The number of rotatable bonds is 3. The van der Waals surface area contributed by atoms with Gasteiger partial charge in [0, 0.05) is 18.5 Å². The highest BCUT2D eigenvalue weighted by Gasteiger charge is 2.25. The SMILES string of the molecule is CC(=O)Nc1ccc2c(c1)C(C(C)C)=CCC2c1ccc(Cl)c(Cl)c1. The second-order valence-electron chi connectivity index (χ2n) is 6.76. The van der Waals surface area contributed by atoms with Crippen LogP contribution in [0.4, 0.5) is 5.69 Å². The first kappa shape index (κ1) is 18.0. The molecule has 4 heteroatoms. The molecule has 0 fully saturated rings. The smallest absolute Gasteiger partial charge is 0.221 e. The Bertz CT molecular complexity index is 855. The average Bonchev–Trinajstić information content (AvgIpc) is 2.55. The molecular formula is C21H21Cl2NO. The van der Waals surface area contributed by atoms with Crippen LogP contribution < -0.4 is 5.32 Å². The van der Waals surface area contributed by atoms with Gasteiger partial charge in [0.1, 0.15) is 0 Å². The Kier molecular flexibility index (Phi) is 5.21. The molecule has 0 saturated carbocycles. The van der Waals surface area contributed by atoms with Gasteiger partial charge in [0.25, 0.3) is 0 Å². The van der Waals surface area contributed by atoms with Crippen LogP contribution in [0.3, 0.4) is 0 Å². The lowest BCUT2D eigenvalue weighted by Gasteiger charge is -2.28. The number of hydrogen-bond donors (Lipinski definition) is 1. The summed E-state index contributed by atoms with van der Waals surface area (Å²) < 4.78 is 0. The molecule has 2 aromatic carbocycles. The Labute approximate surface area is 158 Å². The zero-order chi connectivity index (χ0) is 18.1. The van der Waals surface area contributed by atoms with Crippen molar-refractivity contribution in [3.8, 4) is 0 Å². The van der Waals surface area contributed by atoms with Gasteiger partial charge in [-0.2, -0.15) is 0 Å². The van der Waals surface area contributed by atoms with E-state index in [1.807, 2.05) is 24.3 Å². The summed E-state index contributed by atoms with van der Waals surface area (Å²) in [5.41, 5.74) is 5.76. The zero-order valence-corrected chi connectivity index (χ0v) is 16.1. The lowest BCUT2D eigenvalue weighted by Crippen LogP contribution is -2.13. The first-order valence-corrected chi connectivity index (χ1v) is 9.19. The monoisotopic (exact) mass is 373 g/mol. The van der Waals surface area contributed by atoms with Crippen LogP contribution in [0.25, 0.3) is 5.57 Å². The number of allylic oxidation sites excluding steroid dienone is 2. The van der Waals surface area contributed by atoms with Crippen LogP contribution in [0.1, 0.15) is 49.8 Å². The summed E-state index contributed by atoms with van der Waals surface area (Å²) in [4.78, 5) is 11.4. The van der Waals surface area contributed by atoms with E-state index in [1.165, 1.54) is 23.6 Å². The molecule has 0 radical (unpaired) electrons. The molecular weight excluding hydrogens is 353 g/mol. The third kappa shape index (κ3) is 3.75. The number of carbonyl (C=O) groups is 1. The summed E-state index contributed by atoms with van der Waals surface area (Å²) in [5.74, 6) is 0.589. The van der Waals surface area contributed by atoms with Gasteiger partial charge in [-0.3, -0.25) is 4.79 Å². The number of hydrogen-bond acceptors (Lipinski definition) is 1. The molecule has 1 amide bonds. The van der Waals surface area contributed by atoms with Gasteiger partial charge in [0.2, 0.25) is 5.91 Å². The lowest BCUT2D eigenvalue weighted by molar-refractivity contribution is -0.114. The maximum atomic E-state index is 11.4. The Morgan fingerprint density at radius 3 is 2.52 bits per heavy atom. The molecule has 0 saturated heterocycles. The Morgan fingerprint density at radius 2 is 1.88 bits per heavy atom. The maximum absolute atomic E-state index is 11.4. The molecule has 0 bridgehead atoms. The number of halogens is 2. The Morgan fingerprint density at radius 1 is 1.12 bits per heavy atom. The van der Waals surface area contributed by atoms with Gasteiger partial charge < -0.3 is 5.32 Å². The van der Waals surface area contributed by atoms with E-state index >= 15 is 0 Å². The maximum Gasteiger partial charge on any atom is 0.221 e. The summed E-state index contributed by atoms with van der Waals surface area (Å²) in [6.07, 6.45) is 3.23. The quantitative estimate of drug-likeness (QED) is 0.650. The summed E-state index contributed by atoms with van der Waals surface area (Å²) in [5, 5.41) is 4.03. The van der Waals surface area contributed by atoms with Crippen LogP contribution in [0, 0.1) is 5.92 Å². The molecule has 1 N–H and O–H groups in total. The van der Waals surface area contributed by atoms with Crippen molar-refractivity contribution in [2.45, 2.75) is 33.1 Å². The molecule has 25 heavy (non-hydrogen) atoms. The van der Waals surface area contributed by atoms with Crippen LogP contribution in [0.5, 0.6) is 0 Å². The molecule has 130 valence electrons. The summed E-state index contributed by atoms with van der Waals surface area (Å²) in [7, 11) is 0. The van der Waals surface area contributed by atoms with Crippen molar-refractivity contribution in [1.29, 1.82) is 0 Å². The minimum atomic E-state index is -0.0631. The molecule has 0 heterocycles. The molecule has 3 rings (SSSR count). The van der Waals surface area contributed by atoms with Gasteiger partial charge >= 0.3 is 0 Å². The minimum Gasteiger partial charge on any atom is -0.326 e. The predicted molar refractivity (Wildman–Crippen MR) is 106 cm³/mol. The van der Waals surface area contributed by atoms with Crippen LogP contribution in [0.15, 0.2) is 42.5 Å². The fraction of sp³-hybridized carbons (Fsp3) is 0.286. The number of benzene rings is 2. The second kappa shape index (κ2) is 7.23. The highest BCUT2D eigenvalue weighted by Crippen LogP contribution is 2.43. The molecule has 2 aromatic rings. The van der Waals surface area contributed by atoms with Crippen LogP contribution in [-0.2, 0) is 4.79 Å². The Hall–Kier alpha value is -1.77. The van der Waals surface area contributed by atoms with Crippen LogP contribution in [-0.4, -0.2) is 5.91 Å². The number of anilines is 1. The Balaban J connectivity index is 2.09. The van der Waals surface area contributed by atoms with Crippen molar-refractivity contribution in [2.75, 3.05) is 5.32 Å². The molecule has 1 atom stereocenters. The molecule has 2 nitrogen and oxygen atoms in total. The lowest BCUT2D eigenvalue weighted by atomic mass is 9.76. The number of nitrogens with one attached hydrogen (secondary N) is 1. The van der Waals surface area contributed by atoms with E-state index in [0.29, 0.717) is 16.0 Å². The van der Waals surface area contributed by atoms with Gasteiger partial charge in [-0.05, 0) is 58.9 Å². The van der Waals surface area contributed by atoms with Crippen LogP contribution in [0.2, 0.25) is 10.0 Å². The first-order valence-electron chi connectivity index (χ1n) is 8.43. The van der Waals surface area contributed by atoms with Crippen molar-refractivity contribution in [1.82, 2.24) is 0 Å². The predicted octanol–water partition coefficient (Wildman–Crippen LogP) is 6.53. The van der Waals surface area contributed by atoms with Gasteiger partial charge in [-0.1, -0.05) is 55.3 Å². The summed E-state index contributed by atoms with van der Waals surface area (Å²) in [6, 6.07) is 12.0. The normalized spacial score (nSPS) is 16.4. The van der Waals surface area contributed by atoms with Gasteiger partial charge in [0.05, 0.1) is 10.0 Å². The van der Waals surface area contributed by atoms with E-state index in [4.69, 9.17) is 23.2 Å². The topological polar surface area (TPSA) is 29.1 Å². The average molecular weight is 374 g/mol. The summed E-state index contributed by atoms with van der Waals surface area (Å²) >= 11 is 12.3. The molecule has 1 aliphatic rings. The standard InChI is InChI=1S/C21H21Cl2NO/c1-12(2)16-7-8-17(14-4-9-20(22)21(23)10-14)18-6-5-15(11-19(16)18)24-13(3)25/h4-7,9-12,17H,8H2,1-3H3,(H,24,25). The van der Waals surface area contributed by atoms with Gasteiger partial charge in [-0.25, -0.2) is 0 Å². The largest absolute Gasteiger partial charge is 0.326 e. The van der Waals surface area contributed by atoms with E-state index in [-0.39, 0.29) is 11.8 Å².